The molecular weight excluding hydrogens is 184 g/mol. The first kappa shape index (κ1) is 10.9. The molecule has 0 spiro atoms. The Kier molecular flexibility index (Phi) is 4.27. The van der Waals surface area contributed by atoms with E-state index in [-0.39, 0.29) is 0 Å². The van der Waals surface area contributed by atoms with Gasteiger partial charge in [-0.15, -0.1) is 0 Å². The molecule has 1 amide bonds. The zero-order valence-corrected chi connectivity index (χ0v) is 7.18. The summed E-state index contributed by atoms with van der Waals surface area (Å²) in [6.07, 6.45) is 0. The van der Waals surface area contributed by atoms with Crippen LogP contribution in [0.3, 0.4) is 0 Å². The summed E-state index contributed by atoms with van der Waals surface area (Å²) < 4.78 is 16.9. The van der Waals surface area contributed by atoms with Crippen molar-refractivity contribution in [1.29, 1.82) is 4.78 Å². The van der Waals surface area contributed by atoms with E-state index < -0.39 is 34.3 Å². The third-order valence-corrected chi connectivity index (χ3v) is 1.63. The number of aliphatic carboxylic acids is 1. The average molecular weight is 193 g/mol. The topological polar surface area (TPSA) is 107 Å². The van der Waals surface area contributed by atoms with E-state index in [4.69, 9.17) is 9.89 Å². The van der Waals surface area contributed by atoms with Gasteiger partial charge in [0.2, 0.25) is 5.91 Å². The Morgan fingerprint density at radius 3 is 2.42 bits per heavy atom. The summed E-state index contributed by atoms with van der Waals surface area (Å²) in [4.78, 5) is 20.7. The lowest BCUT2D eigenvalue weighted by molar-refractivity contribution is -0.140. The minimum absolute atomic E-state index is 0.394. The zero-order chi connectivity index (χ0) is 9.72. The Hall–Kier alpha value is -1.11. The SMILES string of the molecule is CC(=O)NC(C[S-](=N)=O)C(=O)O. The monoisotopic (exact) mass is 193 g/mol. The van der Waals surface area contributed by atoms with Crippen LogP contribution in [0.15, 0.2) is 0 Å². The van der Waals surface area contributed by atoms with Crippen molar-refractivity contribution in [3.8, 4) is 0 Å². The average Bonchev–Trinajstić information content (AvgIpc) is 1.83. The van der Waals surface area contributed by atoms with Crippen LogP contribution >= 0.6 is 0 Å². The maximum atomic E-state index is 10.4. The summed E-state index contributed by atoms with van der Waals surface area (Å²) in [5.41, 5.74) is 0. The lowest BCUT2D eigenvalue weighted by atomic mass is 10.3. The molecule has 0 fully saturated rings. The standard InChI is InChI=1S/C5H9N2O4S/c1-3(8)7-4(5(9)10)2-12(6)11/h4,6H,2H2,1H3,(H,7,8)(H,9,10)/q-1. The normalized spacial score (nSPS) is 12.5. The maximum Gasteiger partial charge on any atom is 0.324 e. The molecule has 0 saturated carbocycles. The highest BCUT2D eigenvalue weighted by Crippen LogP contribution is 1.85. The van der Waals surface area contributed by atoms with Crippen molar-refractivity contribution in [2.75, 3.05) is 5.75 Å². The van der Waals surface area contributed by atoms with Crippen LogP contribution in [0.2, 0.25) is 0 Å². The summed E-state index contributed by atoms with van der Waals surface area (Å²) >= 11 is 0. The molecule has 6 nitrogen and oxygen atoms in total. The number of carbonyl (C=O) groups is 2. The van der Waals surface area contributed by atoms with Gasteiger partial charge in [0, 0.05) is 6.92 Å². The van der Waals surface area contributed by atoms with Gasteiger partial charge in [-0.3, -0.25) is 9.59 Å². The van der Waals surface area contributed by atoms with Crippen molar-refractivity contribution in [2.24, 2.45) is 0 Å². The number of carbonyl (C=O) groups excluding carboxylic acids is 1. The fourth-order valence-electron chi connectivity index (χ4n) is 0.571. The quantitative estimate of drug-likeness (QED) is 0.513. The lowest BCUT2D eigenvalue weighted by Crippen LogP contribution is -2.42. The molecule has 0 aromatic rings. The van der Waals surface area contributed by atoms with Crippen LogP contribution in [0.5, 0.6) is 0 Å². The highest BCUT2D eigenvalue weighted by Gasteiger charge is 2.14. The minimum Gasteiger partial charge on any atom is -0.480 e. The number of nitrogens with one attached hydrogen (secondary N) is 2. The van der Waals surface area contributed by atoms with Crippen molar-refractivity contribution < 1.29 is 18.9 Å². The maximum absolute atomic E-state index is 10.4. The van der Waals surface area contributed by atoms with Gasteiger partial charge in [0.1, 0.15) is 6.04 Å². The van der Waals surface area contributed by atoms with Gasteiger partial charge in [-0.1, -0.05) is 5.75 Å². The number of amides is 1. The first-order valence-corrected chi connectivity index (χ1v) is 4.35. The summed E-state index contributed by atoms with van der Waals surface area (Å²) in [6.45, 7) is 1.16. The Balaban J connectivity index is 4.23. The highest BCUT2D eigenvalue weighted by atomic mass is 32.2. The Labute approximate surface area is 71.0 Å². The molecule has 0 aliphatic carbocycles. The number of hydrogen-bond donors (Lipinski definition) is 3. The molecule has 0 aliphatic heterocycles. The molecule has 0 rings (SSSR count). The molecule has 70 valence electrons. The second-order valence-corrected chi connectivity index (χ2v) is 3.13. The fourth-order valence-corrected chi connectivity index (χ4v) is 1.10. The van der Waals surface area contributed by atoms with E-state index in [0.29, 0.717) is 0 Å². The summed E-state index contributed by atoms with van der Waals surface area (Å²) in [6, 6.07) is -1.24. The molecule has 12 heavy (non-hydrogen) atoms. The summed E-state index contributed by atoms with van der Waals surface area (Å²) in [5, 5.41) is 10.5. The third kappa shape index (κ3) is 4.67. The molecule has 0 aliphatic rings. The summed E-state index contributed by atoms with van der Waals surface area (Å²) in [5.74, 6) is -2.20. The fraction of sp³-hybridized carbons (Fsp3) is 0.600. The second kappa shape index (κ2) is 4.70. The molecule has 0 heterocycles. The molecule has 0 bridgehead atoms. The van der Waals surface area contributed by atoms with E-state index in [1.165, 1.54) is 0 Å². The molecule has 1 atom stereocenters. The summed E-state index contributed by atoms with van der Waals surface area (Å²) in [7, 11) is -1.98. The second-order valence-electron chi connectivity index (χ2n) is 2.10. The van der Waals surface area contributed by atoms with Crippen LogP contribution in [0, 0.1) is 4.78 Å². The van der Waals surface area contributed by atoms with Crippen molar-refractivity contribution in [3.63, 3.8) is 0 Å². The predicted molar refractivity (Wildman–Crippen MR) is 40.9 cm³/mol. The van der Waals surface area contributed by atoms with Gasteiger partial charge in [-0.05, 0) is 0 Å². The molecule has 7 heteroatoms. The van der Waals surface area contributed by atoms with Gasteiger partial charge in [-0.2, -0.15) is 10.6 Å². The van der Waals surface area contributed by atoms with Gasteiger partial charge in [0.15, 0.2) is 0 Å². The number of hydrogen-bond acceptors (Lipinski definition) is 5. The molecule has 1 unspecified atom stereocenters. The van der Waals surface area contributed by atoms with Crippen LogP contribution in [-0.2, 0) is 24.4 Å². The van der Waals surface area contributed by atoms with Crippen molar-refractivity contribution >= 4 is 22.5 Å². The van der Waals surface area contributed by atoms with Gasteiger partial charge in [-0.25, -0.2) is 0 Å². The first-order valence-electron chi connectivity index (χ1n) is 3.03. The van der Waals surface area contributed by atoms with Crippen molar-refractivity contribution in [2.45, 2.75) is 13.0 Å². The minimum atomic E-state index is -1.98. The first-order chi connectivity index (χ1) is 5.43. The van der Waals surface area contributed by atoms with E-state index in [1.54, 1.807) is 0 Å². The number of carboxylic acids is 1. The molecule has 0 aromatic heterocycles. The van der Waals surface area contributed by atoms with E-state index in [0.717, 1.165) is 6.92 Å². The molecule has 0 saturated heterocycles. The van der Waals surface area contributed by atoms with E-state index in [1.807, 2.05) is 0 Å². The number of carboxylic acid groups (broad SMARTS) is 1. The van der Waals surface area contributed by atoms with Crippen molar-refractivity contribution in [1.82, 2.24) is 5.32 Å². The van der Waals surface area contributed by atoms with E-state index >= 15 is 0 Å². The van der Waals surface area contributed by atoms with Crippen LogP contribution < -0.4 is 5.32 Å². The third-order valence-electron chi connectivity index (χ3n) is 0.994. The van der Waals surface area contributed by atoms with Crippen LogP contribution in [0.1, 0.15) is 6.92 Å². The van der Waals surface area contributed by atoms with Crippen LogP contribution in [0.4, 0.5) is 0 Å². The van der Waals surface area contributed by atoms with Crippen molar-refractivity contribution in [3.05, 3.63) is 0 Å². The Morgan fingerprint density at radius 1 is 1.67 bits per heavy atom. The molecule has 0 radical (unpaired) electrons. The lowest BCUT2D eigenvalue weighted by Gasteiger charge is -2.13. The molecular formula is C5H9N2O4S-. The zero-order valence-electron chi connectivity index (χ0n) is 6.36. The Bertz CT molecular complexity index is 252. The van der Waals surface area contributed by atoms with Gasteiger partial charge < -0.3 is 19.4 Å². The smallest absolute Gasteiger partial charge is 0.324 e. The van der Waals surface area contributed by atoms with Crippen LogP contribution in [0.25, 0.3) is 0 Å². The molecule has 0 aromatic carbocycles. The van der Waals surface area contributed by atoms with Gasteiger partial charge in [0.25, 0.3) is 0 Å². The van der Waals surface area contributed by atoms with Gasteiger partial charge in [0.05, 0.1) is 0 Å². The van der Waals surface area contributed by atoms with E-state index in [9.17, 15) is 13.8 Å². The number of rotatable bonds is 4. The highest BCUT2D eigenvalue weighted by molar-refractivity contribution is 7.73. The predicted octanol–water partition coefficient (Wildman–Crippen LogP) is -0.698. The van der Waals surface area contributed by atoms with E-state index in [2.05, 4.69) is 5.32 Å². The largest absolute Gasteiger partial charge is 0.480 e. The molecule has 3 N–H and O–H groups in total. The van der Waals surface area contributed by atoms with Crippen LogP contribution in [-0.4, -0.2) is 28.8 Å². The van der Waals surface area contributed by atoms with Gasteiger partial charge >= 0.3 is 5.97 Å². The Morgan fingerprint density at radius 2 is 2.17 bits per heavy atom.